The number of rotatable bonds is 7. The normalized spacial score (nSPS) is 10.9. The Balaban J connectivity index is 2.09. The summed E-state index contributed by atoms with van der Waals surface area (Å²) in [4.78, 5) is 5.57. The Morgan fingerprint density at radius 3 is 3.00 bits per heavy atom. The first-order valence-electron chi connectivity index (χ1n) is 6.34. The van der Waals surface area contributed by atoms with Gasteiger partial charge in [-0.2, -0.15) is 0 Å². The van der Waals surface area contributed by atoms with Gasteiger partial charge in [0, 0.05) is 49.0 Å². The maximum atomic E-state index is 5.04. The van der Waals surface area contributed by atoms with E-state index in [0.29, 0.717) is 0 Å². The van der Waals surface area contributed by atoms with Crippen LogP contribution in [0.3, 0.4) is 0 Å². The summed E-state index contributed by atoms with van der Waals surface area (Å²) >= 11 is 5.21. The molecule has 0 radical (unpaired) electrons. The number of hydrogen-bond acceptors (Lipinski definition) is 4. The Labute approximate surface area is 132 Å². The molecule has 1 aromatic carbocycles. The first-order chi connectivity index (χ1) is 9.70. The first kappa shape index (κ1) is 15.6. The summed E-state index contributed by atoms with van der Waals surface area (Å²) in [5.41, 5.74) is 1.25. The SMILES string of the molecule is COCCNCc1cc(Br)ccc1Sc1nccn1C. The summed E-state index contributed by atoms with van der Waals surface area (Å²) in [6.07, 6.45) is 3.77. The van der Waals surface area contributed by atoms with Gasteiger partial charge in [-0.15, -0.1) is 0 Å². The van der Waals surface area contributed by atoms with Gasteiger partial charge < -0.3 is 14.6 Å². The molecule has 20 heavy (non-hydrogen) atoms. The second-order valence-corrected chi connectivity index (χ2v) is 6.27. The van der Waals surface area contributed by atoms with Crippen LogP contribution in [-0.4, -0.2) is 29.8 Å². The quantitative estimate of drug-likeness (QED) is 0.774. The summed E-state index contributed by atoms with van der Waals surface area (Å²) in [6, 6.07) is 6.33. The fourth-order valence-corrected chi connectivity index (χ4v) is 3.05. The Morgan fingerprint density at radius 2 is 2.30 bits per heavy atom. The van der Waals surface area contributed by atoms with Crippen molar-refractivity contribution in [3.63, 3.8) is 0 Å². The van der Waals surface area contributed by atoms with Gasteiger partial charge in [-0.3, -0.25) is 0 Å². The third kappa shape index (κ3) is 4.34. The zero-order chi connectivity index (χ0) is 14.4. The van der Waals surface area contributed by atoms with E-state index in [1.54, 1.807) is 18.9 Å². The molecule has 0 spiro atoms. The van der Waals surface area contributed by atoms with Crippen LogP contribution in [0.4, 0.5) is 0 Å². The Morgan fingerprint density at radius 1 is 1.45 bits per heavy atom. The molecule has 4 nitrogen and oxygen atoms in total. The Hall–Kier alpha value is -0.820. The highest BCUT2D eigenvalue weighted by Gasteiger charge is 2.08. The van der Waals surface area contributed by atoms with E-state index in [4.69, 9.17) is 4.74 Å². The lowest BCUT2D eigenvalue weighted by molar-refractivity contribution is 0.199. The molecule has 0 fully saturated rings. The molecule has 0 aliphatic carbocycles. The van der Waals surface area contributed by atoms with Gasteiger partial charge in [0.1, 0.15) is 0 Å². The molecular formula is C14H18BrN3OS. The predicted molar refractivity (Wildman–Crippen MR) is 85.1 cm³/mol. The third-order valence-electron chi connectivity index (χ3n) is 2.80. The number of methoxy groups -OCH3 is 1. The molecule has 0 unspecified atom stereocenters. The van der Waals surface area contributed by atoms with Crippen molar-refractivity contribution in [1.29, 1.82) is 0 Å². The molecule has 0 amide bonds. The van der Waals surface area contributed by atoms with Gasteiger partial charge >= 0.3 is 0 Å². The highest BCUT2D eigenvalue weighted by Crippen LogP contribution is 2.30. The van der Waals surface area contributed by atoms with Crippen molar-refractivity contribution >= 4 is 27.7 Å². The van der Waals surface area contributed by atoms with Gasteiger partial charge in [-0.25, -0.2) is 4.98 Å². The van der Waals surface area contributed by atoms with Crippen LogP contribution in [0.5, 0.6) is 0 Å². The van der Waals surface area contributed by atoms with Crippen molar-refractivity contribution < 1.29 is 4.74 Å². The number of aryl methyl sites for hydroxylation is 1. The van der Waals surface area contributed by atoms with E-state index in [1.165, 1.54) is 10.5 Å². The van der Waals surface area contributed by atoms with Crippen LogP contribution in [0.25, 0.3) is 0 Å². The van der Waals surface area contributed by atoms with Gasteiger partial charge in [0.05, 0.1) is 6.61 Å². The number of nitrogens with zero attached hydrogens (tertiary/aromatic N) is 2. The zero-order valence-electron chi connectivity index (χ0n) is 11.6. The molecule has 0 saturated carbocycles. The molecule has 1 aromatic heterocycles. The van der Waals surface area contributed by atoms with Crippen LogP contribution in [-0.2, 0) is 18.3 Å². The third-order valence-corrected chi connectivity index (χ3v) is 4.49. The number of imidazole rings is 1. The van der Waals surface area contributed by atoms with Crippen molar-refractivity contribution in [2.75, 3.05) is 20.3 Å². The number of hydrogen-bond donors (Lipinski definition) is 1. The van der Waals surface area contributed by atoms with Crippen molar-refractivity contribution in [2.45, 2.75) is 16.6 Å². The standard InChI is InChI=1S/C14H18BrN3OS/c1-18-7-5-17-14(18)20-13-4-3-12(15)9-11(13)10-16-6-8-19-2/h3-5,7,9,16H,6,8,10H2,1-2H3. The van der Waals surface area contributed by atoms with Crippen molar-refractivity contribution in [3.8, 4) is 0 Å². The Bertz CT molecular complexity index is 559. The number of nitrogens with one attached hydrogen (secondary N) is 1. The summed E-state index contributed by atoms with van der Waals surface area (Å²) < 4.78 is 8.16. The monoisotopic (exact) mass is 355 g/mol. The zero-order valence-corrected chi connectivity index (χ0v) is 14.0. The molecular weight excluding hydrogens is 338 g/mol. The maximum Gasteiger partial charge on any atom is 0.172 e. The summed E-state index contributed by atoms with van der Waals surface area (Å²) in [5, 5.41) is 4.37. The van der Waals surface area contributed by atoms with Crippen molar-refractivity contribution in [1.82, 2.24) is 14.9 Å². The van der Waals surface area contributed by atoms with E-state index < -0.39 is 0 Å². The van der Waals surface area contributed by atoms with Crippen LogP contribution in [0.2, 0.25) is 0 Å². The molecule has 2 aromatic rings. The lowest BCUT2D eigenvalue weighted by Crippen LogP contribution is -2.18. The van der Waals surface area contributed by atoms with Gasteiger partial charge in [0.2, 0.25) is 0 Å². The molecule has 108 valence electrons. The fraction of sp³-hybridized carbons (Fsp3) is 0.357. The summed E-state index contributed by atoms with van der Waals surface area (Å²) in [6.45, 7) is 2.38. The van der Waals surface area contributed by atoms with Gasteiger partial charge in [-0.1, -0.05) is 27.7 Å². The summed E-state index contributed by atoms with van der Waals surface area (Å²) in [5.74, 6) is 0. The average molecular weight is 356 g/mol. The molecule has 0 bridgehead atoms. The molecule has 0 saturated heterocycles. The molecule has 0 aliphatic heterocycles. The van der Waals surface area contributed by atoms with E-state index in [0.717, 1.165) is 29.3 Å². The number of ether oxygens (including phenoxy) is 1. The Kier molecular flexibility index (Phi) is 6.09. The van der Waals surface area contributed by atoms with Crippen molar-refractivity contribution in [3.05, 3.63) is 40.6 Å². The second kappa shape index (κ2) is 7.83. The number of halogens is 1. The van der Waals surface area contributed by atoms with Gasteiger partial charge in [0.15, 0.2) is 5.16 Å². The fourth-order valence-electron chi connectivity index (χ4n) is 1.73. The van der Waals surface area contributed by atoms with Crippen LogP contribution < -0.4 is 5.32 Å². The van der Waals surface area contributed by atoms with Gasteiger partial charge in [-0.05, 0) is 23.8 Å². The molecule has 6 heteroatoms. The van der Waals surface area contributed by atoms with E-state index in [-0.39, 0.29) is 0 Å². The summed E-state index contributed by atoms with van der Waals surface area (Å²) in [7, 11) is 3.72. The minimum atomic E-state index is 0.718. The maximum absolute atomic E-state index is 5.04. The lowest BCUT2D eigenvalue weighted by Gasteiger charge is -2.11. The highest BCUT2D eigenvalue weighted by atomic mass is 79.9. The molecule has 2 rings (SSSR count). The second-order valence-electron chi connectivity index (χ2n) is 4.34. The predicted octanol–water partition coefficient (Wildman–Crippen LogP) is 3.07. The van der Waals surface area contributed by atoms with Gasteiger partial charge in [0.25, 0.3) is 0 Å². The van der Waals surface area contributed by atoms with E-state index in [1.807, 2.05) is 24.0 Å². The van der Waals surface area contributed by atoms with E-state index >= 15 is 0 Å². The molecule has 1 N–H and O–H groups in total. The van der Waals surface area contributed by atoms with Crippen LogP contribution in [0.1, 0.15) is 5.56 Å². The van der Waals surface area contributed by atoms with E-state index in [2.05, 4.69) is 44.4 Å². The topological polar surface area (TPSA) is 39.1 Å². The van der Waals surface area contributed by atoms with Crippen LogP contribution in [0, 0.1) is 0 Å². The molecule has 0 atom stereocenters. The lowest BCUT2D eigenvalue weighted by atomic mass is 10.2. The first-order valence-corrected chi connectivity index (χ1v) is 7.95. The molecule has 1 heterocycles. The van der Waals surface area contributed by atoms with Crippen molar-refractivity contribution in [2.24, 2.45) is 7.05 Å². The van der Waals surface area contributed by atoms with Crippen LogP contribution in [0.15, 0.2) is 45.1 Å². The number of benzene rings is 1. The highest BCUT2D eigenvalue weighted by molar-refractivity contribution is 9.10. The average Bonchev–Trinajstić information content (AvgIpc) is 2.83. The minimum Gasteiger partial charge on any atom is -0.383 e. The largest absolute Gasteiger partial charge is 0.383 e. The van der Waals surface area contributed by atoms with Crippen LogP contribution >= 0.6 is 27.7 Å². The van der Waals surface area contributed by atoms with E-state index in [9.17, 15) is 0 Å². The number of aromatic nitrogens is 2. The smallest absolute Gasteiger partial charge is 0.172 e. The molecule has 0 aliphatic rings. The minimum absolute atomic E-state index is 0.718.